The van der Waals surface area contributed by atoms with E-state index in [1.54, 1.807) is 0 Å². The van der Waals surface area contributed by atoms with Gasteiger partial charge in [-0.2, -0.15) is 0 Å². The van der Waals surface area contributed by atoms with Gasteiger partial charge in [-0.05, 0) is 18.6 Å². The van der Waals surface area contributed by atoms with E-state index in [2.05, 4.69) is 61.2 Å². The zero-order chi connectivity index (χ0) is 9.26. The van der Waals surface area contributed by atoms with E-state index in [0.29, 0.717) is 6.04 Å². The summed E-state index contributed by atoms with van der Waals surface area (Å²) in [5.41, 5.74) is 2.76. The maximum absolute atomic E-state index is 2.22. The topological polar surface area (TPSA) is 3.01 Å². The summed E-state index contributed by atoms with van der Waals surface area (Å²) in [6.45, 7) is 2.16. The average Bonchev–Trinajstić information content (AvgIpc) is 2.52. The molecule has 0 saturated heterocycles. The molecule has 1 aromatic rings. The molecule has 0 fully saturated rings. The van der Waals surface area contributed by atoms with Crippen LogP contribution in [0.2, 0.25) is 0 Å². The zero-order valence-electron chi connectivity index (χ0n) is 8.07. The van der Waals surface area contributed by atoms with Crippen molar-refractivity contribution in [2.24, 2.45) is 0 Å². The van der Waals surface area contributed by atoms with Crippen LogP contribution < -0.4 is 0 Å². The Morgan fingerprint density at radius 3 is 2.62 bits per heavy atom. The first-order valence-electron chi connectivity index (χ1n) is 4.58. The standard InChI is InChI=1S/C12H14N/c1-10-6-3-4-7-11(10)12-8-5-9-13(12)2/h3-9,12H,1-2H3/q+1. The van der Waals surface area contributed by atoms with Crippen LogP contribution in [-0.4, -0.2) is 17.8 Å². The van der Waals surface area contributed by atoms with Crippen molar-refractivity contribution in [3.05, 3.63) is 47.5 Å². The molecule has 1 heterocycles. The summed E-state index contributed by atoms with van der Waals surface area (Å²) in [5.74, 6) is 0. The largest absolute Gasteiger partial charge is 0.228 e. The molecule has 0 N–H and O–H groups in total. The summed E-state index contributed by atoms with van der Waals surface area (Å²) in [5, 5.41) is 0. The molecule has 1 aliphatic heterocycles. The minimum atomic E-state index is 0.432. The zero-order valence-corrected chi connectivity index (χ0v) is 8.07. The Hall–Kier alpha value is -1.37. The van der Waals surface area contributed by atoms with Gasteiger partial charge in [-0.3, -0.25) is 0 Å². The number of benzene rings is 1. The fraction of sp³-hybridized carbons (Fsp3) is 0.250. The Balaban J connectivity index is 2.42. The van der Waals surface area contributed by atoms with Crippen LogP contribution in [0, 0.1) is 6.92 Å². The van der Waals surface area contributed by atoms with E-state index >= 15 is 0 Å². The van der Waals surface area contributed by atoms with Gasteiger partial charge in [0.15, 0.2) is 12.3 Å². The predicted octanol–water partition coefficient (Wildman–Crippen LogP) is 2.32. The summed E-state index contributed by atoms with van der Waals surface area (Å²) in [6.07, 6.45) is 6.44. The first-order valence-corrected chi connectivity index (χ1v) is 4.58. The highest BCUT2D eigenvalue weighted by atomic mass is 15.0. The molecule has 13 heavy (non-hydrogen) atoms. The molecule has 2 rings (SSSR count). The molecule has 66 valence electrons. The highest BCUT2D eigenvalue weighted by Crippen LogP contribution is 2.22. The van der Waals surface area contributed by atoms with Gasteiger partial charge >= 0.3 is 0 Å². The molecule has 1 aliphatic rings. The van der Waals surface area contributed by atoms with Crippen LogP contribution in [0.4, 0.5) is 0 Å². The van der Waals surface area contributed by atoms with E-state index in [9.17, 15) is 0 Å². The van der Waals surface area contributed by atoms with E-state index in [-0.39, 0.29) is 0 Å². The third-order valence-electron chi connectivity index (χ3n) is 2.56. The average molecular weight is 172 g/mol. The molecule has 1 atom stereocenters. The molecule has 0 aromatic heterocycles. The number of nitrogens with zero attached hydrogens (tertiary/aromatic N) is 1. The lowest BCUT2D eigenvalue weighted by Gasteiger charge is -2.08. The predicted molar refractivity (Wildman–Crippen MR) is 55.3 cm³/mol. The Morgan fingerprint density at radius 1 is 1.23 bits per heavy atom. The van der Waals surface area contributed by atoms with Gasteiger partial charge in [0.25, 0.3) is 0 Å². The van der Waals surface area contributed by atoms with E-state index in [1.807, 2.05) is 0 Å². The second kappa shape index (κ2) is 3.17. The van der Waals surface area contributed by atoms with Gasteiger partial charge in [0.1, 0.15) is 7.05 Å². The number of aryl methyl sites for hydroxylation is 1. The Morgan fingerprint density at radius 2 is 2.00 bits per heavy atom. The molecule has 1 unspecified atom stereocenters. The van der Waals surface area contributed by atoms with Crippen LogP contribution in [-0.2, 0) is 0 Å². The van der Waals surface area contributed by atoms with Crippen molar-refractivity contribution < 1.29 is 4.58 Å². The molecule has 0 aliphatic carbocycles. The monoisotopic (exact) mass is 172 g/mol. The van der Waals surface area contributed by atoms with Crippen molar-refractivity contribution in [1.29, 1.82) is 0 Å². The van der Waals surface area contributed by atoms with Gasteiger partial charge in [0.05, 0.1) is 0 Å². The minimum absolute atomic E-state index is 0.432. The molecular weight excluding hydrogens is 158 g/mol. The highest BCUT2D eigenvalue weighted by Gasteiger charge is 2.20. The second-order valence-corrected chi connectivity index (χ2v) is 3.50. The molecule has 0 bridgehead atoms. The quantitative estimate of drug-likeness (QED) is 0.572. The van der Waals surface area contributed by atoms with E-state index in [0.717, 1.165) is 0 Å². The van der Waals surface area contributed by atoms with Crippen molar-refractivity contribution >= 4 is 6.21 Å². The SMILES string of the molecule is Cc1ccccc1C1C=CC=[N+]1C. The van der Waals surface area contributed by atoms with Gasteiger partial charge in [0, 0.05) is 11.6 Å². The van der Waals surface area contributed by atoms with Gasteiger partial charge in [-0.15, -0.1) is 0 Å². The van der Waals surface area contributed by atoms with Crippen LogP contribution in [0.1, 0.15) is 17.2 Å². The second-order valence-electron chi connectivity index (χ2n) is 3.50. The van der Waals surface area contributed by atoms with E-state index < -0.39 is 0 Å². The Kier molecular flexibility index (Phi) is 2.01. The van der Waals surface area contributed by atoms with Crippen LogP contribution >= 0.6 is 0 Å². The van der Waals surface area contributed by atoms with E-state index in [1.165, 1.54) is 11.1 Å². The van der Waals surface area contributed by atoms with Crippen molar-refractivity contribution in [2.45, 2.75) is 13.0 Å². The number of likely N-dealkylation sites (N-methyl/N-ethyl adjacent to an activating group) is 1. The van der Waals surface area contributed by atoms with Gasteiger partial charge < -0.3 is 0 Å². The molecule has 0 amide bonds. The van der Waals surface area contributed by atoms with Crippen molar-refractivity contribution in [3.63, 3.8) is 0 Å². The van der Waals surface area contributed by atoms with Crippen molar-refractivity contribution in [3.8, 4) is 0 Å². The maximum Gasteiger partial charge on any atom is 0.197 e. The molecule has 0 radical (unpaired) electrons. The smallest absolute Gasteiger partial charge is 0.197 e. The maximum atomic E-state index is 2.22. The highest BCUT2D eigenvalue weighted by molar-refractivity contribution is 5.68. The van der Waals surface area contributed by atoms with Gasteiger partial charge in [-0.1, -0.05) is 24.3 Å². The van der Waals surface area contributed by atoms with E-state index in [4.69, 9.17) is 0 Å². The summed E-state index contributed by atoms with van der Waals surface area (Å²) in [6, 6.07) is 8.97. The van der Waals surface area contributed by atoms with Crippen LogP contribution in [0.15, 0.2) is 36.4 Å². The Bertz CT molecular complexity index is 374. The third kappa shape index (κ3) is 1.42. The van der Waals surface area contributed by atoms with Crippen LogP contribution in [0.25, 0.3) is 0 Å². The molecule has 1 aromatic carbocycles. The van der Waals surface area contributed by atoms with Crippen molar-refractivity contribution in [1.82, 2.24) is 0 Å². The van der Waals surface area contributed by atoms with Crippen LogP contribution in [0.3, 0.4) is 0 Å². The number of hydrogen-bond donors (Lipinski definition) is 0. The number of allylic oxidation sites excluding steroid dienone is 1. The summed E-state index contributed by atoms with van der Waals surface area (Å²) in [7, 11) is 2.11. The third-order valence-corrected chi connectivity index (χ3v) is 2.56. The Labute approximate surface area is 79.0 Å². The summed E-state index contributed by atoms with van der Waals surface area (Å²) >= 11 is 0. The lowest BCUT2D eigenvalue weighted by molar-refractivity contribution is -0.523. The first kappa shape index (κ1) is 8.24. The lowest BCUT2D eigenvalue weighted by Crippen LogP contribution is -2.10. The van der Waals surface area contributed by atoms with Crippen molar-refractivity contribution in [2.75, 3.05) is 7.05 Å². The summed E-state index contributed by atoms with van der Waals surface area (Å²) < 4.78 is 2.22. The normalized spacial score (nSPS) is 20.5. The minimum Gasteiger partial charge on any atom is -0.228 e. The number of hydrogen-bond acceptors (Lipinski definition) is 0. The summed E-state index contributed by atoms with van der Waals surface area (Å²) in [4.78, 5) is 0. The van der Waals surface area contributed by atoms with Gasteiger partial charge in [0.2, 0.25) is 0 Å². The first-order chi connectivity index (χ1) is 6.29. The molecular formula is C12H14N+. The molecule has 0 spiro atoms. The lowest BCUT2D eigenvalue weighted by atomic mass is 10.0. The van der Waals surface area contributed by atoms with Gasteiger partial charge in [-0.25, -0.2) is 4.58 Å². The fourth-order valence-corrected chi connectivity index (χ4v) is 1.76. The molecule has 1 heteroatoms. The molecule has 0 saturated carbocycles. The fourth-order valence-electron chi connectivity index (χ4n) is 1.76. The van der Waals surface area contributed by atoms with Crippen LogP contribution in [0.5, 0.6) is 0 Å². The number of rotatable bonds is 1. The molecule has 1 nitrogen and oxygen atoms in total.